The molecule has 0 aliphatic rings. The Labute approximate surface area is 258 Å². The summed E-state index contributed by atoms with van der Waals surface area (Å²) in [5.41, 5.74) is 1.70. The number of nitrogens with one attached hydrogen (secondary N) is 2. The molecule has 2 rings (SSSR count). The SMILES string of the molecule is CCCCCP(=O)(CCCCC)OCC(=O)C(Cc1ccccc1)NC(=O)[C@H](CC(C)C)NC(=O)OCc1ccccc1. The smallest absolute Gasteiger partial charge is 0.408 e. The van der Waals surface area contributed by atoms with Crippen LogP contribution in [0.4, 0.5) is 4.79 Å². The van der Waals surface area contributed by atoms with Crippen molar-refractivity contribution in [3.05, 3.63) is 71.8 Å². The minimum atomic E-state index is -2.99. The maximum atomic E-state index is 13.7. The number of carbonyl (C=O) groups is 3. The van der Waals surface area contributed by atoms with Gasteiger partial charge in [0, 0.05) is 12.3 Å². The molecule has 2 atom stereocenters. The van der Waals surface area contributed by atoms with E-state index in [0.29, 0.717) is 18.7 Å². The van der Waals surface area contributed by atoms with Crippen LogP contribution in [0, 0.1) is 5.92 Å². The summed E-state index contributed by atoms with van der Waals surface area (Å²) in [6, 6.07) is 16.9. The van der Waals surface area contributed by atoms with E-state index in [2.05, 4.69) is 24.5 Å². The maximum absolute atomic E-state index is 13.7. The summed E-state index contributed by atoms with van der Waals surface area (Å²) in [6.07, 6.45) is 6.32. The van der Waals surface area contributed by atoms with Gasteiger partial charge in [0.15, 0.2) is 5.78 Å². The van der Waals surface area contributed by atoms with Crippen molar-refractivity contribution in [1.82, 2.24) is 10.6 Å². The van der Waals surface area contributed by atoms with Crippen LogP contribution < -0.4 is 10.6 Å². The molecule has 0 radical (unpaired) electrons. The molecule has 0 saturated heterocycles. The van der Waals surface area contributed by atoms with Crippen molar-refractivity contribution in [2.24, 2.45) is 5.92 Å². The zero-order valence-corrected chi connectivity index (χ0v) is 27.3. The lowest BCUT2D eigenvalue weighted by Gasteiger charge is -2.25. The number of carbonyl (C=O) groups excluding carboxylic acids is 3. The number of ketones is 1. The zero-order valence-electron chi connectivity index (χ0n) is 26.4. The van der Waals surface area contributed by atoms with Crippen LogP contribution in [0.15, 0.2) is 60.7 Å². The highest BCUT2D eigenvalue weighted by Gasteiger charge is 2.30. The fourth-order valence-electron chi connectivity index (χ4n) is 4.71. The van der Waals surface area contributed by atoms with Crippen LogP contribution >= 0.6 is 7.37 Å². The number of hydrogen-bond donors (Lipinski definition) is 2. The number of rotatable bonds is 21. The van der Waals surface area contributed by atoms with Crippen LogP contribution in [0.1, 0.15) is 83.8 Å². The highest BCUT2D eigenvalue weighted by atomic mass is 31.2. The summed E-state index contributed by atoms with van der Waals surface area (Å²) in [5.74, 6) is -0.735. The molecule has 2 amide bonds. The summed E-state index contributed by atoms with van der Waals surface area (Å²) < 4.78 is 24.9. The van der Waals surface area contributed by atoms with Gasteiger partial charge in [-0.1, -0.05) is 114 Å². The van der Waals surface area contributed by atoms with Crippen molar-refractivity contribution >= 4 is 25.2 Å². The highest BCUT2D eigenvalue weighted by molar-refractivity contribution is 7.59. The van der Waals surface area contributed by atoms with Gasteiger partial charge in [0.05, 0.1) is 6.04 Å². The van der Waals surface area contributed by atoms with Crippen molar-refractivity contribution in [1.29, 1.82) is 0 Å². The molecule has 0 bridgehead atoms. The van der Waals surface area contributed by atoms with E-state index < -0.39 is 31.5 Å². The summed E-state index contributed by atoms with van der Waals surface area (Å²) >= 11 is 0. The third kappa shape index (κ3) is 14.9. The van der Waals surface area contributed by atoms with Gasteiger partial charge < -0.3 is 19.9 Å². The molecule has 0 aliphatic carbocycles. The Hall–Kier alpha value is -2.96. The van der Waals surface area contributed by atoms with Crippen LogP contribution in [0.5, 0.6) is 0 Å². The second-order valence-electron chi connectivity index (χ2n) is 11.6. The Balaban J connectivity index is 2.14. The summed E-state index contributed by atoms with van der Waals surface area (Å²) in [6.45, 7) is 7.82. The minimum absolute atomic E-state index is 0.0751. The van der Waals surface area contributed by atoms with Crippen LogP contribution in [0.25, 0.3) is 0 Å². The molecule has 0 saturated carbocycles. The van der Waals surface area contributed by atoms with Gasteiger partial charge in [-0.2, -0.15) is 0 Å². The Morgan fingerprint density at radius 3 is 1.86 bits per heavy atom. The summed E-state index contributed by atoms with van der Waals surface area (Å²) in [4.78, 5) is 39.7. The van der Waals surface area contributed by atoms with Crippen molar-refractivity contribution < 1.29 is 28.2 Å². The van der Waals surface area contributed by atoms with E-state index in [-0.39, 0.29) is 31.3 Å². The lowest BCUT2D eigenvalue weighted by Crippen LogP contribution is -2.53. The average molecular weight is 615 g/mol. The molecule has 0 aromatic heterocycles. The third-order valence-electron chi connectivity index (χ3n) is 7.16. The van der Waals surface area contributed by atoms with Crippen molar-refractivity contribution in [3.63, 3.8) is 0 Å². The zero-order chi connectivity index (χ0) is 31.5. The second-order valence-corrected chi connectivity index (χ2v) is 14.3. The van der Waals surface area contributed by atoms with Crippen LogP contribution in [0.2, 0.25) is 0 Å². The van der Waals surface area contributed by atoms with Crippen LogP contribution in [-0.2, 0) is 36.4 Å². The van der Waals surface area contributed by atoms with Crippen molar-refractivity contribution in [3.8, 4) is 0 Å². The maximum Gasteiger partial charge on any atom is 0.408 e. The normalized spacial score (nSPS) is 12.9. The number of ether oxygens (including phenoxy) is 1. The number of amides is 2. The van der Waals surface area contributed by atoms with E-state index in [0.717, 1.165) is 49.7 Å². The van der Waals surface area contributed by atoms with E-state index >= 15 is 0 Å². The highest BCUT2D eigenvalue weighted by Crippen LogP contribution is 2.48. The molecule has 0 fully saturated rings. The Morgan fingerprint density at radius 2 is 1.33 bits per heavy atom. The summed E-state index contributed by atoms with van der Waals surface area (Å²) in [7, 11) is -2.99. The molecule has 8 nitrogen and oxygen atoms in total. The standard InChI is InChI=1S/C34H51N2O6P/c1-5-7-15-21-43(40,22-16-8-6-2)42-26-32(37)30(24-28-17-11-9-12-18-28)35-33(38)31(23-27(3)4)36-34(39)41-25-29-19-13-10-14-20-29/h9-14,17-20,27,30-31H,5-8,15-16,21-26H2,1-4H3,(H,35,38)(H,36,39)/t30?,31-/m0/s1. The van der Waals surface area contributed by atoms with E-state index in [9.17, 15) is 18.9 Å². The first kappa shape index (κ1) is 36.2. The molecule has 2 N–H and O–H groups in total. The number of benzene rings is 2. The molecule has 1 unspecified atom stereocenters. The van der Waals surface area contributed by atoms with Crippen LogP contribution in [-0.4, -0.2) is 48.8 Å². The van der Waals surface area contributed by atoms with E-state index in [1.54, 1.807) is 0 Å². The van der Waals surface area contributed by atoms with Crippen molar-refractivity contribution in [2.45, 2.75) is 97.8 Å². The lowest BCUT2D eigenvalue weighted by molar-refractivity contribution is -0.130. The van der Waals surface area contributed by atoms with Gasteiger partial charge in [0.2, 0.25) is 13.3 Å². The average Bonchev–Trinajstić information content (AvgIpc) is 2.99. The summed E-state index contributed by atoms with van der Waals surface area (Å²) in [5, 5.41) is 5.54. The monoisotopic (exact) mass is 614 g/mol. The quantitative estimate of drug-likeness (QED) is 0.113. The predicted molar refractivity (Wildman–Crippen MR) is 172 cm³/mol. The van der Waals surface area contributed by atoms with Gasteiger partial charge in [-0.3, -0.25) is 14.2 Å². The molecule has 0 spiro atoms. The largest absolute Gasteiger partial charge is 0.445 e. The van der Waals surface area contributed by atoms with Gasteiger partial charge in [0.25, 0.3) is 0 Å². The molecule has 43 heavy (non-hydrogen) atoms. The molecule has 9 heteroatoms. The topological polar surface area (TPSA) is 111 Å². The van der Waals surface area contributed by atoms with E-state index in [4.69, 9.17) is 9.26 Å². The fourth-order valence-corrected chi connectivity index (χ4v) is 6.96. The number of alkyl carbamates (subject to hydrolysis) is 1. The van der Waals surface area contributed by atoms with Gasteiger partial charge in [-0.25, -0.2) is 4.79 Å². The Kier molecular flexibility index (Phi) is 16.9. The minimum Gasteiger partial charge on any atom is -0.445 e. The molecular formula is C34H51N2O6P. The first-order chi connectivity index (χ1) is 20.7. The number of Topliss-reactive ketones (excluding diaryl/α,β-unsaturated/α-hetero) is 1. The Bertz CT molecular complexity index is 1130. The molecule has 0 aliphatic heterocycles. The molecule has 2 aromatic carbocycles. The van der Waals surface area contributed by atoms with Crippen molar-refractivity contribution in [2.75, 3.05) is 18.9 Å². The first-order valence-corrected chi connectivity index (χ1v) is 17.7. The molecule has 238 valence electrons. The molecular weight excluding hydrogens is 563 g/mol. The fraction of sp³-hybridized carbons (Fsp3) is 0.559. The van der Waals surface area contributed by atoms with Gasteiger partial charge in [-0.15, -0.1) is 0 Å². The second kappa shape index (κ2) is 20.1. The van der Waals surface area contributed by atoms with E-state index in [1.165, 1.54) is 0 Å². The molecule has 2 aromatic rings. The number of hydrogen-bond acceptors (Lipinski definition) is 6. The lowest BCUT2D eigenvalue weighted by atomic mass is 10.00. The first-order valence-electron chi connectivity index (χ1n) is 15.7. The van der Waals surface area contributed by atoms with Gasteiger partial charge in [0.1, 0.15) is 19.3 Å². The third-order valence-corrected chi connectivity index (χ3v) is 9.76. The van der Waals surface area contributed by atoms with Gasteiger partial charge >= 0.3 is 6.09 Å². The van der Waals surface area contributed by atoms with Crippen LogP contribution in [0.3, 0.4) is 0 Å². The van der Waals surface area contributed by atoms with Gasteiger partial charge in [-0.05, 0) is 42.7 Å². The molecule has 0 heterocycles. The van der Waals surface area contributed by atoms with E-state index in [1.807, 2.05) is 74.5 Å². The Morgan fingerprint density at radius 1 is 0.767 bits per heavy atom. The predicted octanol–water partition coefficient (Wildman–Crippen LogP) is 7.30. The number of unbranched alkanes of at least 4 members (excludes halogenated alkanes) is 4.